The van der Waals surface area contributed by atoms with Gasteiger partial charge in [0, 0.05) is 12.8 Å². The second-order valence-corrected chi connectivity index (χ2v) is 5.53. The lowest BCUT2D eigenvalue weighted by molar-refractivity contribution is -0.136. The molecule has 2 aromatic carbocycles. The van der Waals surface area contributed by atoms with Gasteiger partial charge in [0.05, 0.1) is 5.69 Å². The second kappa shape index (κ2) is 8.24. The van der Waals surface area contributed by atoms with Crippen LogP contribution in [0.5, 0.6) is 5.75 Å². The van der Waals surface area contributed by atoms with Crippen molar-refractivity contribution in [1.82, 2.24) is 0 Å². The number of hydrazone groups is 1. The molecular formula is C19H17FN2O4. The van der Waals surface area contributed by atoms with Crippen LogP contribution in [0.3, 0.4) is 0 Å². The molecule has 0 unspecified atom stereocenters. The number of esters is 1. The number of carbonyl (C=O) groups is 2. The van der Waals surface area contributed by atoms with Crippen LogP contribution < -0.4 is 9.75 Å². The first-order chi connectivity index (χ1) is 12.6. The van der Waals surface area contributed by atoms with E-state index in [0.717, 1.165) is 0 Å². The quantitative estimate of drug-likeness (QED) is 0.589. The molecule has 0 fully saturated rings. The summed E-state index contributed by atoms with van der Waals surface area (Å²) in [6.45, 7) is 0.153. The van der Waals surface area contributed by atoms with E-state index in [0.29, 0.717) is 11.4 Å². The molecule has 26 heavy (non-hydrogen) atoms. The van der Waals surface area contributed by atoms with Crippen LogP contribution >= 0.6 is 0 Å². The number of ether oxygens (including phenoxy) is 2. The number of anilines is 1. The number of amides is 1. The van der Waals surface area contributed by atoms with Gasteiger partial charge in [0.1, 0.15) is 30.5 Å². The van der Waals surface area contributed by atoms with E-state index in [9.17, 15) is 14.0 Å². The largest absolute Gasteiger partial charge is 0.490 e. The fourth-order valence-electron chi connectivity index (χ4n) is 2.38. The van der Waals surface area contributed by atoms with Gasteiger partial charge < -0.3 is 9.47 Å². The first kappa shape index (κ1) is 17.6. The standard InChI is InChI=1S/C19H17FN2O4/c20-14-6-8-16(9-7-14)25-12-13-26-19(24)17-10-11-18(23)22(21-17)15-4-2-1-3-5-15/h1-9H,10-13H2. The lowest BCUT2D eigenvalue weighted by Crippen LogP contribution is -2.35. The van der Waals surface area contributed by atoms with E-state index < -0.39 is 5.97 Å². The maximum atomic E-state index is 12.8. The van der Waals surface area contributed by atoms with Crippen LogP contribution in [0.2, 0.25) is 0 Å². The van der Waals surface area contributed by atoms with Crippen molar-refractivity contribution in [2.24, 2.45) is 5.10 Å². The highest BCUT2D eigenvalue weighted by Gasteiger charge is 2.26. The highest BCUT2D eigenvalue weighted by atomic mass is 19.1. The third kappa shape index (κ3) is 4.44. The second-order valence-electron chi connectivity index (χ2n) is 5.53. The van der Waals surface area contributed by atoms with Gasteiger partial charge >= 0.3 is 5.97 Å². The van der Waals surface area contributed by atoms with E-state index in [-0.39, 0.29) is 43.5 Å². The molecule has 0 atom stereocenters. The van der Waals surface area contributed by atoms with E-state index in [1.54, 1.807) is 24.3 Å². The Kier molecular flexibility index (Phi) is 5.58. The number of rotatable bonds is 6. The summed E-state index contributed by atoms with van der Waals surface area (Å²) >= 11 is 0. The summed E-state index contributed by atoms with van der Waals surface area (Å²) in [6.07, 6.45) is 0.425. The minimum absolute atomic E-state index is 0.0223. The van der Waals surface area contributed by atoms with Gasteiger partial charge in [-0.2, -0.15) is 5.10 Å². The molecule has 0 saturated heterocycles. The van der Waals surface area contributed by atoms with Crippen LogP contribution in [-0.4, -0.2) is 30.8 Å². The van der Waals surface area contributed by atoms with Crippen molar-refractivity contribution in [3.8, 4) is 5.75 Å². The van der Waals surface area contributed by atoms with Crippen molar-refractivity contribution in [2.75, 3.05) is 18.2 Å². The number of benzene rings is 2. The van der Waals surface area contributed by atoms with Gasteiger partial charge in [0.25, 0.3) is 0 Å². The van der Waals surface area contributed by atoms with Crippen molar-refractivity contribution in [3.63, 3.8) is 0 Å². The fourth-order valence-corrected chi connectivity index (χ4v) is 2.38. The third-order valence-corrected chi connectivity index (χ3v) is 3.67. The molecule has 0 aliphatic carbocycles. The number of para-hydroxylation sites is 1. The molecule has 3 rings (SSSR count). The number of halogens is 1. The number of carbonyl (C=O) groups excluding carboxylic acids is 2. The zero-order valence-electron chi connectivity index (χ0n) is 13.9. The van der Waals surface area contributed by atoms with Crippen LogP contribution in [-0.2, 0) is 14.3 Å². The normalized spacial score (nSPS) is 14.0. The first-order valence-electron chi connectivity index (χ1n) is 8.14. The molecule has 1 aliphatic heterocycles. The minimum Gasteiger partial charge on any atom is -0.490 e. The van der Waals surface area contributed by atoms with Crippen LogP contribution in [0.1, 0.15) is 12.8 Å². The van der Waals surface area contributed by atoms with Crippen molar-refractivity contribution in [3.05, 3.63) is 60.4 Å². The third-order valence-electron chi connectivity index (χ3n) is 3.67. The number of nitrogens with zero attached hydrogens (tertiary/aromatic N) is 2. The van der Waals surface area contributed by atoms with Crippen molar-refractivity contribution in [2.45, 2.75) is 12.8 Å². The van der Waals surface area contributed by atoms with Gasteiger partial charge in [-0.25, -0.2) is 14.2 Å². The molecule has 2 aromatic rings. The molecule has 0 radical (unpaired) electrons. The molecule has 0 saturated carbocycles. The van der Waals surface area contributed by atoms with E-state index in [1.807, 2.05) is 6.07 Å². The predicted octanol–water partition coefficient (Wildman–Crippen LogP) is 2.93. The molecule has 0 N–H and O–H groups in total. The SMILES string of the molecule is O=C(OCCOc1ccc(F)cc1)C1=NN(c2ccccc2)C(=O)CC1. The Labute approximate surface area is 149 Å². The zero-order valence-corrected chi connectivity index (χ0v) is 13.9. The van der Waals surface area contributed by atoms with Crippen LogP contribution in [0.15, 0.2) is 59.7 Å². The molecule has 0 spiro atoms. The molecule has 1 aliphatic rings. The summed E-state index contributed by atoms with van der Waals surface area (Å²) < 4.78 is 23.3. The Bertz CT molecular complexity index is 806. The van der Waals surface area contributed by atoms with Gasteiger partial charge in [0.2, 0.25) is 5.91 Å². The molecule has 0 bridgehead atoms. The highest BCUT2D eigenvalue weighted by molar-refractivity contribution is 6.38. The van der Waals surface area contributed by atoms with Gasteiger partial charge in [-0.05, 0) is 36.4 Å². The monoisotopic (exact) mass is 356 g/mol. The van der Waals surface area contributed by atoms with E-state index >= 15 is 0 Å². The zero-order chi connectivity index (χ0) is 18.4. The predicted molar refractivity (Wildman–Crippen MR) is 93.5 cm³/mol. The maximum absolute atomic E-state index is 12.8. The molecule has 0 aromatic heterocycles. The van der Waals surface area contributed by atoms with Crippen molar-refractivity contribution < 1.29 is 23.5 Å². The highest BCUT2D eigenvalue weighted by Crippen LogP contribution is 2.20. The molecular weight excluding hydrogens is 339 g/mol. The Morgan fingerprint density at radius 1 is 1.04 bits per heavy atom. The van der Waals surface area contributed by atoms with Crippen LogP contribution in [0.25, 0.3) is 0 Å². The van der Waals surface area contributed by atoms with Gasteiger partial charge in [-0.1, -0.05) is 18.2 Å². The van der Waals surface area contributed by atoms with Gasteiger partial charge in [-0.3, -0.25) is 4.79 Å². The average Bonchev–Trinajstić information content (AvgIpc) is 2.67. The summed E-state index contributed by atoms with van der Waals surface area (Å²) in [5, 5.41) is 5.34. The van der Waals surface area contributed by atoms with Crippen LogP contribution in [0, 0.1) is 5.82 Å². The summed E-state index contributed by atoms with van der Waals surface area (Å²) in [6, 6.07) is 14.4. The number of hydrogen-bond donors (Lipinski definition) is 0. The lowest BCUT2D eigenvalue weighted by Gasteiger charge is -2.22. The Balaban J connectivity index is 1.53. The Hall–Kier alpha value is -3.22. The smallest absolute Gasteiger partial charge is 0.354 e. The Morgan fingerprint density at radius 2 is 1.77 bits per heavy atom. The maximum Gasteiger partial charge on any atom is 0.354 e. The lowest BCUT2D eigenvalue weighted by atomic mass is 10.1. The van der Waals surface area contributed by atoms with E-state index in [1.165, 1.54) is 29.3 Å². The summed E-state index contributed by atoms with van der Waals surface area (Å²) in [5.74, 6) is -0.622. The first-order valence-corrected chi connectivity index (χ1v) is 8.14. The van der Waals surface area contributed by atoms with Gasteiger partial charge in [0.15, 0.2) is 0 Å². The van der Waals surface area contributed by atoms with Crippen LogP contribution in [0.4, 0.5) is 10.1 Å². The molecule has 7 heteroatoms. The Morgan fingerprint density at radius 3 is 2.50 bits per heavy atom. The topological polar surface area (TPSA) is 68.2 Å². The molecule has 1 amide bonds. The summed E-state index contributed by atoms with van der Waals surface area (Å²) in [4.78, 5) is 24.2. The summed E-state index contributed by atoms with van der Waals surface area (Å²) in [5.41, 5.74) is 0.789. The van der Waals surface area contributed by atoms with Gasteiger partial charge in [-0.15, -0.1) is 0 Å². The van der Waals surface area contributed by atoms with Crippen molar-refractivity contribution in [1.29, 1.82) is 0 Å². The summed E-state index contributed by atoms with van der Waals surface area (Å²) in [7, 11) is 0. The molecule has 134 valence electrons. The van der Waals surface area contributed by atoms with Crippen molar-refractivity contribution >= 4 is 23.3 Å². The molecule has 1 heterocycles. The molecule has 6 nitrogen and oxygen atoms in total. The fraction of sp³-hybridized carbons (Fsp3) is 0.211. The van der Waals surface area contributed by atoms with E-state index in [2.05, 4.69) is 5.10 Å². The average molecular weight is 356 g/mol. The minimum atomic E-state index is -0.582. The number of hydrogen-bond acceptors (Lipinski definition) is 5. The van der Waals surface area contributed by atoms with E-state index in [4.69, 9.17) is 9.47 Å².